The van der Waals surface area contributed by atoms with Crippen molar-refractivity contribution in [3.8, 4) is 0 Å². The van der Waals surface area contributed by atoms with Crippen molar-refractivity contribution in [2.75, 3.05) is 7.11 Å². The van der Waals surface area contributed by atoms with Gasteiger partial charge in [-0.15, -0.1) is 0 Å². The van der Waals surface area contributed by atoms with Crippen molar-refractivity contribution in [1.29, 1.82) is 0 Å². The van der Waals surface area contributed by atoms with E-state index in [0.29, 0.717) is 0 Å². The Morgan fingerprint density at radius 1 is 1.38 bits per heavy atom. The van der Waals surface area contributed by atoms with Crippen LogP contribution in [0.5, 0.6) is 0 Å². The van der Waals surface area contributed by atoms with Gasteiger partial charge >= 0.3 is 0 Å². The second-order valence-electron chi connectivity index (χ2n) is 3.97. The molecule has 1 N–H and O–H groups in total. The molecule has 0 bridgehead atoms. The van der Waals surface area contributed by atoms with Crippen molar-refractivity contribution in [1.82, 2.24) is 0 Å². The Kier molecular flexibility index (Phi) is 4.04. The largest absolute Gasteiger partial charge is 0.385 e. The van der Waals surface area contributed by atoms with Crippen LogP contribution in [0.15, 0.2) is 16.6 Å². The van der Waals surface area contributed by atoms with Crippen molar-refractivity contribution in [3.63, 3.8) is 0 Å². The van der Waals surface area contributed by atoms with E-state index in [-0.39, 0.29) is 10.0 Å². The molecule has 1 aromatic carbocycles. The van der Waals surface area contributed by atoms with E-state index in [1.54, 1.807) is 13.8 Å². The molecule has 5 heteroatoms. The van der Waals surface area contributed by atoms with Crippen LogP contribution in [-0.4, -0.2) is 17.8 Å². The summed E-state index contributed by atoms with van der Waals surface area (Å²) in [7, 11) is 1.37. The minimum atomic E-state index is -1.38. The Balaban J connectivity index is 3.28. The maximum atomic E-state index is 13.7. The van der Waals surface area contributed by atoms with Crippen LogP contribution >= 0.6 is 15.9 Å². The highest BCUT2D eigenvalue weighted by atomic mass is 79.9. The quantitative estimate of drug-likeness (QED) is 0.868. The molecule has 0 saturated carbocycles. The molecule has 1 aromatic rings. The molecule has 0 aromatic heterocycles. The lowest BCUT2D eigenvalue weighted by atomic mass is 9.94. The lowest BCUT2D eigenvalue weighted by Gasteiger charge is -2.29. The van der Waals surface area contributed by atoms with E-state index >= 15 is 0 Å². The average Bonchev–Trinajstić information content (AvgIpc) is 2.24. The third-order valence-electron chi connectivity index (χ3n) is 2.54. The third-order valence-corrected chi connectivity index (χ3v) is 3.15. The predicted molar refractivity (Wildman–Crippen MR) is 60.1 cm³/mol. The molecule has 0 aliphatic carbocycles. The van der Waals surface area contributed by atoms with Gasteiger partial charge in [-0.2, -0.15) is 0 Å². The van der Waals surface area contributed by atoms with E-state index in [1.165, 1.54) is 13.2 Å². The number of methoxy groups -OCH3 is 1. The number of hydrogen-bond donors (Lipinski definition) is 1. The van der Waals surface area contributed by atoms with Crippen molar-refractivity contribution in [2.45, 2.75) is 25.6 Å². The molecule has 0 fully saturated rings. The van der Waals surface area contributed by atoms with Crippen LogP contribution in [-0.2, 0) is 4.74 Å². The van der Waals surface area contributed by atoms with Gasteiger partial charge in [-0.3, -0.25) is 0 Å². The van der Waals surface area contributed by atoms with Gasteiger partial charge in [0.05, 0.1) is 15.6 Å². The fraction of sp³-hybridized carbons (Fsp3) is 0.455. The Morgan fingerprint density at radius 3 is 2.44 bits per heavy atom. The molecule has 1 rings (SSSR count). The summed E-state index contributed by atoms with van der Waals surface area (Å²) < 4.78 is 32.3. The zero-order valence-corrected chi connectivity index (χ0v) is 10.8. The highest BCUT2D eigenvalue weighted by Crippen LogP contribution is 2.34. The first-order valence-corrected chi connectivity index (χ1v) is 5.47. The summed E-state index contributed by atoms with van der Waals surface area (Å²) >= 11 is 2.94. The molecule has 0 saturated heterocycles. The molecule has 2 nitrogen and oxygen atoms in total. The predicted octanol–water partition coefficient (Wildman–Crippen LogP) is 3.19. The van der Waals surface area contributed by atoms with Crippen LogP contribution in [0.1, 0.15) is 25.5 Å². The molecule has 0 amide bonds. The fourth-order valence-corrected chi connectivity index (χ4v) is 1.60. The van der Waals surface area contributed by atoms with E-state index in [4.69, 9.17) is 4.74 Å². The number of rotatable bonds is 3. The van der Waals surface area contributed by atoms with Crippen molar-refractivity contribution in [2.24, 2.45) is 0 Å². The van der Waals surface area contributed by atoms with Gasteiger partial charge in [-0.25, -0.2) is 8.78 Å². The molecular formula is C11H13BrF2O2. The topological polar surface area (TPSA) is 29.5 Å². The smallest absolute Gasteiger partial charge is 0.146 e. The second kappa shape index (κ2) is 4.77. The minimum Gasteiger partial charge on any atom is -0.385 e. The van der Waals surface area contributed by atoms with Crippen LogP contribution in [0, 0.1) is 11.6 Å². The zero-order chi connectivity index (χ0) is 12.5. The number of benzene rings is 1. The first-order chi connectivity index (χ1) is 7.31. The maximum Gasteiger partial charge on any atom is 0.146 e. The van der Waals surface area contributed by atoms with Gasteiger partial charge in [-0.1, -0.05) is 0 Å². The standard InChI is InChI=1S/C11H13BrF2O2/c1-11(2,16-3)10(15)8-7(13)5-4-6(12)9(8)14/h4-5,10,15H,1-3H3. The fourth-order valence-electron chi connectivity index (χ4n) is 1.25. The first kappa shape index (κ1) is 13.5. The van der Waals surface area contributed by atoms with Crippen molar-refractivity contribution >= 4 is 15.9 Å². The molecule has 0 heterocycles. The normalized spacial score (nSPS) is 13.9. The summed E-state index contributed by atoms with van der Waals surface area (Å²) in [5.41, 5.74) is -1.45. The summed E-state index contributed by atoms with van der Waals surface area (Å²) in [6.45, 7) is 3.11. The van der Waals surface area contributed by atoms with E-state index in [9.17, 15) is 13.9 Å². The molecule has 0 radical (unpaired) electrons. The summed E-state index contributed by atoms with van der Waals surface area (Å²) in [4.78, 5) is 0. The van der Waals surface area contributed by atoms with Gasteiger partial charge < -0.3 is 9.84 Å². The minimum absolute atomic E-state index is 0.106. The number of aliphatic hydroxyl groups excluding tert-OH is 1. The van der Waals surface area contributed by atoms with Crippen LogP contribution in [0.4, 0.5) is 8.78 Å². The van der Waals surface area contributed by atoms with E-state index in [1.807, 2.05) is 0 Å². The Bertz CT molecular complexity index is 394. The number of halogens is 3. The Labute approximate surface area is 101 Å². The lowest BCUT2D eigenvalue weighted by molar-refractivity contribution is -0.0819. The monoisotopic (exact) mass is 294 g/mol. The van der Waals surface area contributed by atoms with Crippen LogP contribution in [0.25, 0.3) is 0 Å². The Hall–Kier alpha value is -0.520. The molecule has 0 aliphatic rings. The molecule has 1 atom stereocenters. The van der Waals surface area contributed by atoms with Crippen molar-refractivity contribution < 1.29 is 18.6 Å². The molecule has 0 spiro atoms. The molecule has 16 heavy (non-hydrogen) atoms. The summed E-state index contributed by atoms with van der Waals surface area (Å²) in [6.07, 6.45) is -1.38. The van der Waals surface area contributed by atoms with E-state index in [0.717, 1.165) is 6.07 Å². The van der Waals surface area contributed by atoms with Gasteiger partial charge in [0.25, 0.3) is 0 Å². The highest BCUT2D eigenvalue weighted by Gasteiger charge is 2.33. The highest BCUT2D eigenvalue weighted by molar-refractivity contribution is 9.10. The van der Waals surface area contributed by atoms with Crippen LogP contribution in [0.3, 0.4) is 0 Å². The maximum absolute atomic E-state index is 13.7. The Morgan fingerprint density at radius 2 is 1.94 bits per heavy atom. The molecule has 0 aliphatic heterocycles. The van der Waals surface area contributed by atoms with Crippen LogP contribution < -0.4 is 0 Å². The molecule has 90 valence electrons. The van der Waals surface area contributed by atoms with E-state index in [2.05, 4.69) is 15.9 Å². The number of ether oxygens (including phenoxy) is 1. The summed E-state index contributed by atoms with van der Waals surface area (Å²) in [5, 5.41) is 9.91. The average molecular weight is 295 g/mol. The van der Waals surface area contributed by atoms with Gasteiger partial charge in [-0.05, 0) is 41.9 Å². The summed E-state index contributed by atoms with van der Waals surface area (Å²) in [6, 6.07) is 2.35. The van der Waals surface area contributed by atoms with Gasteiger partial charge in [0.1, 0.15) is 17.7 Å². The number of aliphatic hydroxyl groups is 1. The number of hydrogen-bond acceptors (Lipinski definition) is 2. The third kappa shape index (κ3) is 2.42. The molecule has 1 unspecified atom stereocenters. The van der Waals surface area contributed by atoms with Crippen LogP contribution in [0.2, 0.25) is 0 Å². The van der Waals surface area contributed by atoms with Crippen molar-refractivity contribution in [3.05, 3.63) is 33.8 Å². The van der Waals surface area contributed by atoms with E-state index < -0.39 is 23.3 Å². The van der Waals surface area contributed by atoms with Gasteiger partial charge in [0, 0.05) is 7.11 Å². The SMILES string of the molecule is COC(C)(C)C(O)c1c(F)ccc(Br)c1F. The molecular weight excluding hydrogens is 282 g/mol. The van der Waals surface area contributed by atoms with Gasteiger partial charge in [0.15, 0.2) is 0 Å². The zero-order valence-electron chi connectivity index (χ0n) is 9.22. The lowest BCUT2D eigenvalue weighted by Crippen LogP contribution is -2.32. The van der Waals surface area contributed by atoms with Gasteiger partial charge in [0.2, 0.25) is 0 Å². The summed E-state index contributed by atoms with van der Waals surface area (Å²) in [5.74, 6) is -1.60. The second-order valence-corrected chi connectivity index (χ2v) is 4.82. The first-order valence-electron chi connectivity index (χ1n) is 4.68.